The van der Waals surface area contributed by atoms with Crippen LogP contribution in [0.1, 0.15) is 57.8 Å². The number of carbonyl (C=O) groups is 1. The summed E-state index contributed by atoms with van der Waals surface area (Å²) in [6.07, 6.45) is 5.67. The Morgan fingerprint density at radius 1 is 1.26 bits per heavy atom. The fourth-order valence-electron chi connectivity index (χ4n) is 4.62. The van der Waals surface area contributed by atoms with Gasteiger partial charge in [-0.15, -0.1) is 0 Å². The van der Waals surface area contributed by atoms with Gasteiger partial charge in [-0.25, -0.2) is 4.79 Å². The van der Waals surface area contributed by atoms with Crippen molar-refractivity contribution in [2.45, 2.75) is 65.8 Å². The Bertz CT molecular complexity index is 1330. The molecule has 0 spiro atoms. The highest BCUT2D eigenvalue weighted by atomic mass is 16.5. The minimum atomic E-state index is -0.677. The number of nitrogens with one attached hydrogen (secondary N) is 1. The molecule has 1 aliphatic rings. The van der Waals surface area contributed by atoms with Crippen molar-refractivity contribution in [3.63, 3.8) is 0 Å². The van der Waals surface area contributed by atoms with Crippen LogP contribution >= 0.6 is 0 Å². The maximum Gasteiger partial charge on any atom is 0.330 e. The average Bonchev–Trinajstić information content (AvgIpc) is 3.20. The number of hydrogen-bond acceptors (Lipinski definition) is 6. The zero-order valence-corrected chi connectivity index (χ0v) is 20.7. The Kier molecular flexibility index (Phi) is 7.33. The van der Waals surface area contributed by atoms with Gasteiger partial charge in [0, 0.05) is 30.5 Å². The van der Waals surface area contributed by atoms with E-state index in [-0.39, 0.29) is 24.0 Å². The predicted molar refractivity (Wildman–Crippen MR) is 136 cm³/mol. The third-order valence-electron chi connectivity index (χ3n) is 6.36. The van der Waals surface area contributed by atoms with Gasteiger partial charge in [0.1, 0.15) is 22.9 Å². The standard InChI is InChI=1S/C26H34N4O5/c1-4-5-12-29(23-24(27)30(14-16(2)3)26(33)28-25(23)32)22(31)15-34-17-10-11-21-19(13-17)18-8-6-7-9-20(18)35-21/h10-11,13,16H,4-9,12,14-15,27H2,1-3H3,(H,28,32,33). The molecular formula is C26H34N4O5. The number of amides is 1. The van der Waals surface area contributed by atoms with Gasteiger partial charge in [0.15, 0.2) is 12.3 Å². The highest BCUT2D eigenvalue weighted by Gasteiger charge is 2.25. The molecule has 1 aliphatic carbocycles. The average molecular weight is 483 g/mol. The molecule has 2 aromatic heterocycles. The first kappa shape index (κ1) is 24.6. The lowest BCUT2D eigenvalue weighted by Crippen LogP contribution is -2.43. The molecule has 0 aliphatic heterocycles. The number of fused-ring (bicyclic) bond motifs is 3. The van der Waals surface area contributed by atoms with Crippen LogP contribution in [0.5, 0.6) is 5.75 Å². The lowest BCUT2D eigenvalue weighted by molar-refractivity contribution is -0.120. The summed E-state index contributed by atoms with van der Waals surface area (Å²) < 4.78 is 13.1. The van der Waals surface area contributed by atoms with Crippen molar-refractivity contribution in [1.82, 2.24) is 9.55 Å². The van der Waals surface area contributed by atoms with Gasteiger partial charge >= 0.3 is 5.69 Å². The molecule has 188 valence electrons. The molecule has 0 saturated heterocycles. The van der Waals surface area contributed by atoms with E-state index in [0.717, 1.165) is 48.8 Å². The van der Waals surface area contributed by atoms with Gasteiger partial charge in [-0.3, -0.25) is 19.1 Å². The summed E-state index contributed by atoms with van der Waals surface area (Å²) in [4.78, 5) is 42.0. The smallest absolute Gasteiger partial charge is 0.330 e. The van der Waals surface area contributed by atoms with Crippen LogP contribution in [0.25, 0.3) is 11.0 Å². The first-order valence-electron chi connectivity index (χ1n) is 12.4. The number of benzene rings is 1. The Hall–Kier alpha value is -3.49. The number of anilines is 2. The number of nitrogens with two attached hydrogens (primary N) is 1. The van der Waals surface area contributed by atoms with E-state index in [1.807, 2.05) is 32.9 Å². The van der Waals surface area contributed by atoms with Gasteiger partial charge in [0.05, 0.1) is 0 Å². The largest absolute Gasteiger partial charge is 0.484 e. The summed E-state index contributed by atoms with van der Waals surface area (Å²) in [5.74, 6) is 1.31. The number of aryl methyl sites for hydroxylation is 2. The molecule has 9 heteroatoms. The van der Waals surface area contributed by atoms with Gasteiger partial charge in [-0.2, -0.15) is 0 Å². The molecule has 35 heavy (non-hydrogen) atoms. The number of furan rings is 1. The molecule has 0 fully saturated rings. The number of nitrogen functional groups attached to an aromatic ring is 1. The van der Waals surface area contributed by atoms with E-state index in [2.05, 4.69) is 4.98 Å². The molecule has 4 rings (SSSR count). The van der Waals surface area contributed by atoms with Crippen LogP contribution in [-0.2, 0) is 24.2 Å². The fourth-order valence-corrected chi connectivity index (χ4v) is 4.62. The Morgan fingerprint density at radius 2 is 2.03 bits per heavy atom. The number of unbranched alkanes of at least 4 members (excludes halogenated alkanes) is 1. The minimum absolute atomic E-state index is 0.00773. The second-order valence-electron chi connectivity index (χ2n) is 9.55. The number of ether oxygens (including phenoxy) is 1. The van der Waals surface area contributed by atoms with E-state index < -0.39 is 17.2 Å². The second kappa shape index (κ2) is 10.4. The Morgan fingerprint density at radius 3 is 2.77 bits per heavy atom. The van der Waals surface area contributed by atoms with Crippen LogP contribution in [0.3, 0.4) is 0 Å². The van der Waals surface area contributed by atoms with Crippen molar-refractivity contribution in [1.29, 1.82) is 0 Å². The van der Waals surface area contributed by atoms with Gasteiger partial charge < -0.3 is 19.8 Å². The van der Waals surface area contributed by atoms with Crippen molar-refractivity contribution < 1.29 is 13.9 Å². The number of aromatic nitrogens is 2. The van der Waals surface area contributed by atoms with Crippen molar-refractivity contribution in [2.75, 3.05) is 23.8 Å². The molecular weight excluding hydrogens is 448 g/mol. The number of aromatic amines is 1. The normalized spacial score (nSPS) is 13.3. The van der Waals surface area contributed by atoms with E-state index in [1.165, 1.54) is 15.0 Å². The topological polar surface area (TPSA) is 124 Å². The van der Waals surface area contributed by atoms with E-state index in [4.69, 9.17) is 14.9 Å². The van der Waals surface area contributed by atoms with E-state index in [0.29, 0.717) is 25.3 Å². The molecule has 0 atom stereocenters. The second-order valence-corrected chi connectivity index (χ2v) is 9.55. The number of rotatable bonds is 9. The van der Waals surface area contributed by atoms with Crippen molar-refractivity contribution >= 4 is 28.4 Å². The quantitative estimate of drug-likeness (QED) is 0.480. The van der Waals surface area contributed by atoms with E-state index >= 15 is 0 Å². The van der Waals surface area contributed by atoms with Crippen molar-refractivity contribution in [2.24, 2.45) is 5.92 Å². The summed E-state index contributed by atoms with van der Waals surface area (Å²) in [5, 5.41) is 1.02. The molecule has 9 nitrogen and oxygen atoms in total. The summed E-state index contributed by atoms with van der Waals surface area (Å²) in [6.45, 7) is 6.23. The zero-order valence-electron chi connectivity index (χ0n) is 20.7. The number of nitrogens with zero attached hydrogens (tertiary/aromatic N) is 2. The van der Waals surface area contributed by atoms with Crippen molar-refractivity contribution in [3.05, 3.63) is 50.4 Å². The number of hydrogen-bond donors (Lipinski definition) is 2. The highest BCUT2D eigenvalue weighted by Crippen LogP contribution is 2.34. The zero-order chi connectivity index (χ0) is 25.1. The molecule has 0 unspecified atom stereocenters. The summed E-state index contributed by atoms with van der Waals surface area (Å²) in [5.41, 5.74) is 7.04. The van der Waals surface area contributed by atoms with Crippen molar-refractivity contribution in [3.8, 4) is 5.75 Å². The Labute approximate surface area is 203 Å². The predicted octanol–water partition coefficient (Wildman–Crippen LogP) is 3.61. The van der Waals surface area contributed by atoms with E-state index in [9.17, 15) is 14.4 Å². The van der Waals surface area contributed by atoms with Crippen LogP contribution in [0, 0.1) is 5.92 Å². The highest BCUT2D eigenvalue weighted by molar-refractivity contribution is 5.96. The van der Waals surface area contributed by atoms with Crippen LogP contribution in [-0.4, -0.2) is 28.6 Å². The minimum Gasteiger partial charge on any atom is -0.484 e. The molecule has 0 bridgehead atoms. The first-order valence-corrected chi connectivity index (χ1v) is 12.4. The van der Waals surface area contributed by atoms with Gasteiger partial charge in [0.25, 0.3) is 11.5 Å². The lowest BCUT2D eigenvalue weighted by atomic mass is 9.96. The molecule has 2 heterocycles. The molecule has 0 radical (unpaired) electrons. The van der Waals surface area contributed by atoms with Crippen LogP contribution in [0.2, 0.25) is 0 Å². The molecule has 3 N–H and O–H groups in total. The maximum atomic E-state index is 13.3. The third-order valence-corrected chi connectivity index (χ3v) is 6.36. The summed E-state index contributed by atoms with van der Waals surface area (Å²) in [7, 11) is 0. The van der Waals surface area contributed by atoms with Gasteiger partial charge in [0.2, 0.25) is 0 Å². The number of H-pyrrole nitrogens is 1. The van der Waals surface area contributed by atoms with E-state index in [1.54, 1.807) is 6.07 Å². The van der Waals surface area contributed by atoms with Crippen LogP contribution in [0.15, 0.2) is 32.2 Å². The summed E-state index contributed by atoms with van der Waals surface area (Å²) in [6, 6.07) is 5.56. The lowest BCUT2D eigenvalue weighted by Gasteiger charge is -2.25. The van der Waals surface area contributed by atoms with Gasteiger partial charge in [-0.05, 0) is 49.8 Å². The molecule has 1 aromatic carbocycles. The maximum absolute atomic E-state index is 13.3. The van der Waals surface area contributed by atoms with Crippen LogP contribution < -0.4 is 26.6 Å². The fraction of sp³-hybridized carbons (Fsp3) is 0.500. The SMILES string of the molecule is CCCCN(C(=O)COc1ccc2oc3c(c2c1)CCCC3)c1c(N)n(CC(C)C)c(=O)[nH]c1=O. The Balaban J connectivity index is 1.60. The monoisotopic (exact) mass is 482 g/mol. The van der Waals surface area contributed by atoms with Crippen LogP contribution in [0.4, 0.5) is 11.5 Å². The summed E-state index contributed by atoms with van der Waals surface area (Å²) >= 11 is 0. The van der Waals surface area contributed by atoms with Gasteiger partial charge in [-0.1, -0.05) is 27.2 Å². The first-order chi connectivity index (χ1) is 16.8. The third kappa shape index (κ3) is 5.13. The molecule has 0 saturated carbocycles. The number of carbonyl (C=O) groups excluding carboxylic acids is 1. The molecule has 3 aromatic rings. The molecule has 1 amide bonds.